The Kier molecular flexibility index (Phi) is 3.37. The lowest BCUT2D eigenvalue weighted by molar-refractivity contribution is 0.515. The zero-order chi connectivity index (χ0) is 10.8. The molecule has 0 aromatic heterocycles. The van der Waals surface area contributed by atoms with Gasteiger partial charge in [-0.05, 0) is 37.5 Å². The maximum Gasteiger partial charge on any atom is 0.0170 e. The smallest absolute Gasteiger partial charge is 0.0170 e. The van der Waals surface area contributed by atoms with Crippen LogP contribution in [-0.2, 0) is 6.42 Å². The molecular weight excluding hydrogens is 202 g/mol. The fourth-order valence-electron chi connectivity index (χ4n) is 2.32. The fraction of sp³-hybridized carbons (Fsp3) is 0.538. The van der Waals surface area contributed by atoms with Gasteiger partial charge in [-0.3, -0.25) is 0 Å². The van der Waals surface area contributed by atoms with Crippen molar-refractivity contribution in [2.75, 3.05) is 11.5 Å². The quantitative estimate of drug-likeness (QED) is 0.830. The maximum atomic E-state index is 6.08. The first-order valence-corrected chi connectivity index (χ1v) is 6.71. The summed E-state index contributed by atoms with van der Waals surface area (Å²) >= 11 is 1.99. The van der Waals surface area contributed by atoms with Crippen molar-refractivity contribution in [1.29, 1.82) is 0 Å². The monoisotopic (exact) mass is 221 g/mol. The molecule has 1 aliphatic heterocycles. The molecule has 1 aromatic carbocycles. The highest BCUT2D eigenvalue weighted by Gasteiger charge is 2.24. The van der Waals surface area contributed by atoms with Gasteiger partial charge < -0.3 is 5.73 Å². The molecule has 1 fully saturated rings. The Balaban J connectivity index is 2.10. The van der Waals surface area contributed by atoms with Gasteiger partial charge in [-0.25, -0.2) is 0 Å². The highest BCUT2D eigenvalue weighted by atomic mass is 32.2. The summed E-state index contributed by atoms with van der Waals surface area (Å²) in [6, 6.07) is 7.22. The summed E-state index contributed by atoms with van der Waals surface area (Å²) in [4.78, 5) is 0. The molecule has 1 heterocycles. The number of nitrogens with two attached hydrogens (primary N) is 1. The van der Waals surface area contributed by atoms with Crippen LogP contribution in [0.3, 0.4) is 0 Å². The van der Waals surface area contributed by atoms with E-state index in [-0.39, 0.29) is 0 Å². The second-order valence-electron chi connectivity index (χ2n) is 4.66. The Hall–Kier alpha value is -0.470. The highest BCUT2D eigenvalue weighted by molar-refractivity contribution is 7.99. The minimum atomic E-state index is 0.399. The molecule has 2 unspecified atom stereocenters. The van der Waals surface area contributed by atoms with Crippen LogP contribution in [0.5, 0.6) is 0 Å². The number of rotatable bonds is 2. The van der Waals surface area contributed by atoms with Crippen LogP contribution >= 0.6 is 11.8 Å². The average molecular weight is 221 g/mol. The molecule has 1 saturated heterocycles. The number of benzene rings is 1. The highest BCUT2D eigenvalue weighted by Crippen LogP contribution is 2.26. The van der Waals surface area contributed by atoms with Crippen molar-refractivity contribution in [1.82, 2.24) is 0 Å². The molecule has 15 heavy (non-hydrogen) atoms. The van der Waals surface area contributed by atoms with E-state index in [0.29, 0.717) is 12.0 Å². The molecule has 2 heteroatoms. The minimum Gasteiger partial charge on any atom is -0.327 e. The van der Waals surface area contributed by atoms with Crippen LogP contribution in [0, 0.1) is 19.8 Å². The fourth-order valence-corrected chi connectivity index (χ4v) is 3.66. The van der Waals surface area contributed by atoms with Crippen molar-refractivity contribution in [3.8, 4) is 0 Å². The van der Waals surface area contributed by atoms with Gasteiger partial charge in [-0.1, -0.05) is 29.3 Å². The van der Waals surface area contributed by atoms with E-state index in [0.717, 1.165) is 12.2 Å². The van der Waals surface area contributed by atoms with Crippen LogP contribution in [0.1, 0.15) is 16.7 Å². The van der Waals surface area contributed by atoms with Gasteiger partial charge in [0.15, 0.2) is 0 Å². The van der Waals surface area contributed by atoms with Gasteiger partial charge in [0.2, 0.25) is 0 Å². The number of thioether (sulfide) groups is 1. The Morgan fingerprint density at radius 2 is 1.87 bits per heavy atom. The number of hydrogen-bond acceptors (Lipinski definition) is 2. The van der Waals surface area contributed by atoms with Crippen LogP contribution in [0.15, 0.2) is 18.2 Å². The predicted octanol–water partition coefficient (Wildman–Crippen LogP) is 2.54. The van der Waals surface area contributed by atoms with Crippen LogP contribution in [0.2, 0.25) is 0 Å². The Labute approximate surface area is 96.4 Å². The van der Waals surface area contributed by atoms with Crippen molar-refractivity contribution in [3.05, 3.63) is 34.9 Å². The van der Waals surface area contributed by atoms with Gasteiger partial charge in [0, 0.05) is 11.8 Å². The summed E-state index contributed by atoms with van der Waals surface area (Å²) in [6.45, 7) is 4.33. The molecule has 1 nitrogen and oxygen atoms in total. The van der Waals surface area contributed by atoms with Crippen LogP contribution in [0.25, 0.3) is 0 Å². The second-order valence-corrected chi connectivity index (χ2v) is 5.74. The van der Waals surface area contributed by atoms with Crippen molar-refractivity contribution in [3.63, 3.8) is 0 Å². The molecule has 1 aromatic rings. The van der Waals surface area contributed by atoms with Gasteiger partial charge in [0.05, 0.1) is 0 Å². The third-order valence-corrected chi connectivity index (χ3v) is 4.31. The Morgan fingerprint density at radius 1 is 1.20 bits per heavy atom. The summed E-state index contributed by atoms with van der Waals surface area (Å²) in [5.41, 5.74) is 10.3. The maximum absolute atomic E-state index is 6.08. The minimum absolute atomic E-state index is 0.399. The lowest BCUT2D eigenvalue weighted by Crippen LogP contribution is -2.29. The normalized spacial score (nSPS) is 25.8. The van der Waals surface area contributed by atoms with Crippen molar-refractivity contribution < 1.29 is 0 Å². The third-order valence-electron chi connectivity index (χ3n) is 3.03. The van der Waals surface area contributed by atoms with Gasteiger partial charge in [0.25, 0.3) is 0 Å². The van der Waals surface area contributed by atoms with Crippen molar-refractivity contribution in [2.45, 2.75) is 26.3 Å². The standard InChI is InChI=1S/C13H19NS/c1-9-3-10(2)5-11(4-9)6-12-7-15-8-13(12)14/h3-5,12-13H,6-8,14H2,1-2H3. The molecule has 0 saturated carbocycles. The number of hydrogen-bond donors (Lipinski definition) is 1. The zero-order valence-electron chi connectivity index (χ0n) is 9.49. The van der Waals surface area contributed by atoms with Crippen molar-refractivity contribution in [2.24, 2.45) is 11.7 Å². The largest absolute Gasteiger partial charge is 0.327 e. The van der Waals surface area contributed by atoms with E-state index in [2.05, 4.69) is 32.0 Å². The lowest BCUT2D eigenvalue weighted by Gasteiger charge is -2.15. The van der Waals surface area contributed by atoms with Gasteiger partial charge in [-0.2, -0.15) is 11.8 Å². The molecule has 2 N–H and O–H groups in total. The van der Waals surface area contributed by atoms with Crippen molar-refractivity contribution >= 4 is 11.8 Å². The molecule has 2 atom stereocenters. The van der Waals surface area contributed by atoms with E-state index in [1.54, 1.807) is 0 Å². The molecule has 0 radical (unpaired) electrons. The van der Waals surface area contributed by atoms with E-state index in [1.165, 1.54) is 22.4 Å². The summed E-state index contributed by atoms with van der Waals surface area (Å²) in [5, 5.41) is 0. The topological polar surface area (TPSA) is 26.0 Å². The van der Waals surface area contributed by atoms with Crippen LogP contribution < -0.4 is 5.73 Å². The molecule has 82 valence electrons. The molecule has 0 aliphatic carbocycles. The first-order valence-electron chi connectivity index (χ1n) is 5.55. The molecule has 0 bridgehead atoms. The van der Waals surface area contributed by atoms with E-state index in [4.69, 9.17) is 5.73 Å². The van der Waals surface area contributed by atoms with Gasteiger partial charge in [0.1, 0.15) is 0 Å². The molecule has 2 rings (SSSR count). The summed E-state index contributed by atoms with van der Waals surface area (Å²) in [6.07, 6.45) is 1.15. The molecule has 0 amide bonds. The van der Waals surface area contributed by atoms with Crippen LogP contribution in [-0.4, -0.2) is 17.5 Å². The SMILES string of the molecule is Cc1cc(C)cc(CC2CSCC2N)c1. The van der Waals surface area contributed by atoms with E-state index in [1.807, 2.05) is 11.8 Å². The third kappa shape index (κ3) is 2.76. The zero-order valence-corrected chi connectivity index (χ0v) is 10.3. The molecular formula is C13H19NS. The lowest BCUT2D eigenvalue weighted by atomic mass is 9.94. The summed E-state index contributed by atoms with van der Waals surface area (Å²) in [5.74, 6) is 3.04. The first-order chi connectivity index (χ1) is 7.15. The summed E-state index contributed by atoms with van der Waals surface area (Å²) in [7, 11) is 0. The predicted molar refractivity (Wildman–Crippen MR) is 68.4 cm³/mol. The Morgan fingerprint density at radius 3 is 2.40 bits per heavy atom. The molecule has 0 spiro atoms. The average Bonchev–Trinajstić information content (AvgIpc) is 2.50. The summed E-state index contributed by atoms with van der Waals surface area (Å²) < 4.78 is 0. The van der Waals surface area contributed by atoms with Gasteiger partial charge >= 0.3 is 0 Å². The van der Waals surface area contributed by atoms with E-state index < -0.39 is 0 Å². The number of aryl methyl sites for hydroxylation is 2. The van der Waals surface area contributed by atoms with E-state index >= 15 is 0 Å². The first kappa shape index (κ1) is 11.0. The van der Waals surface area contributed by atoms with Crippen LogP contribution in [0.4, 0.5) is 0 Å². The van der Waals surface area contributed by atoms with Gasteiger partial charge in [-0.15, -0.1) is 0 Å². The molecule has 1 aliphatic rings. The van der Waals surface area contributed by atoms with E-state index in [9.17, 15) is 0 Å². The second kappa shape index (κ2) is 4.58. The Bertz CT molecular complexity index is 328.